The number of nitro groups is 3. The highest BCUT2D eigenvalue weighted by Gasteiger charge is 2.36. The lowest BCUT2D eigenvalue weighted by molar-refractivity contribution is -0.405. The summed E-state index contributed by atoms with van der Waals surface area (Å²) in [6.07, 6.45) is 0. The predicted molar refractivity (Wildman–Crippen MR) is 60.6 cm³/mol. The lowest BCUT2D eigenvalue weighted by Gasteiger charge is -2.00. The average molecular weight is 299 g/mol. The van der Waals surface area contributed by atoms with Gasteiger partial charge >= 0.3 is 17.1 Å². The lowest BCUT2D eigenvalue weighted by atomic mass is 10.2. The van der Waals surface area contributed by atoms with Gasteiger partial charge in [-0.05, 0) is 0 Å². The first kappa shape index (κ1) is 22.1. The number of benzene rings is 1. The molecule has 14 nitrogen and oxygen atoms in total. The van der Waals surface area contributed by atoms with E-state index in [9.17, 15) is 30.3 Å². The number of hydrogen-bond acceptors (Lipinski definition) is 8. The molecule has 0 atom stereocenters. The molecule has 0 aliphatic carbocycles. The van der Waals surface area contributed by atoms with Gasteiger partial charge in [-0.25, -0.2) is 0 Å². The molecule has 1 aromatic rings. The van der Waals surface area contributed by atoms with Gasteiger partial charge in [0.2, 0.25) is 0 Å². The third kappa shape index (κ3) is 3.45. The summed E-state index contributed by atoms with van der Waals surface area (Å²) < 4.78 is 0. The maximum Gasteiger partial charge on any atom is 0.366 e. The van der Waals surface area contributed by atoms with E-state index in [2.05, 4.69) is 0 Å². The third-order valence-electron chi connectivity index (χ3n) is 1.78. The summed E-state index contributed by atoms with van der Waals surface area (Å²) >= 11 is 0. The molecule has 0 heterocycles. The van der Waals surface area contributed by atoms with Crippen molar-refractivity contribution in [2.24, 2.45) is 0 Å². The van der Waals surface area contributed by atoms with Gasteiger partial charge in [0.05, 0.1) is 14.8 Å². The van der Waals surface area contributed by atoms with Crippen LogP contribution >= 0.6 is 0 Å². The van der Waals surface area contributed by atoms with Crippen molar-refractivity contribution in [2.45, 2.75) is 0 Å². The highest BCUT2D eigenvalue weighted by molar-refractivity contribution is 5.73. The molecule has 0 unspecified atom stereocenters. The number of phenols is 2. The third-order valence-corrected chi connectivity index (χ3v) is 1.78. The quantitative estimate of drug-likeness (QED) is 0.480. The number of nitrogens with zero attached hydrogens (tertiary/aromatic N) is 3. The largest absolute Gasteiger partial charge is 0.497 e. The molecule has 0 saturated heterocycles. The zero-order chi connectivity index (χ0) is 13.3. The summed E-state index contributed by atoms with van der Waals surface area (Å²) in [6, 6.07) is 0.234. The molecule has 0 amide bonds. The van der Waals surface area contributed by atoms with Crippen LogP contribution in [-0.4, -0.2) is 41.4 Å². The second kappa shape index (κ2) is 7.36. The highest BCUT2D eigenvalue weighted by atomic mass is 16.6. The Morgan fingerprint density at radius 3 is 1.25 bits per heavy atom. The van der Waals surface area contributed by atoms with E-state index >= 15 is 0 Å². The summed E-state index contributed by atoms with van der Waals surface area (Å²) in [6.45, 7) is 0. The van der Waals surface area contributed by atoms with Crippen LogP contribution in [0.3, 0.4) is 0 Å². The van der Waals surface area contributed by atoms with Crippen molar-refractivity contribution in [3.05, 3.63) is 36.4 Å². The van der Waals surface area contributed by atoms with Gasteiger partial charge in [0.1, 0.15) is 6.07 Å². The summed E-state index contributed by atoms with van der Waals surface area (Å²) in [5, 5.41) is 49.5. The Morgan fingerprint density at radius 2 is 1.05 bits per heavy atom. The van der Waals surface area contributed by atoms with E-state index in [1.807, 2.05) is 0 Å². The van der Waals surface area contributed by atoms with Crippen LogP contribution in [0.2, 0.25) is 0 Å². The molecule has 0 aliphatic heterocycles. The fourth-order valence-corrected chi connectivity index (χ4v) is 1.07. The normalized spacial score (nSPS) is 8.40. The van der Waals surface area contributed by atoms with Crippen LogP contribution < -0.4 is 0 Å². The van der Waals surface area contributed by atoms with Crippen LogP contribution in [-0.2, 0) is 0 Å². The molecule has 20 heavy (non-hydrogen) atoms. The SMILES string of the molecule is O.O.O.O=[N+]([O-])c1cc([N+](=O)[O-])c(O)c([N+](=O)[O-])c1O. The molecule has 0 fully saturated rings. The first-order valence-electron chi connectivity index (χ1n) is 3.79. The Hall–Kier alpha value is -3.10. The summed E-state index contributed by atoms with van der Waals surface area (Å²) in [4.78, 5) is 27.4. The van der Waals surface area contributed by atoms with Crippen molar-refractivity contribution in [3.8, 4) is 11.5 Å². The van der Waals surface area contributed by atoms with Crippen molar-refractivity contribution < 1.29 is 41.4 Å². The van der Waals surface area contributed by atoms with Crippen LogP contribution in [0.15, 0.2) is 6.07 Å². The van der Waals surface area contributed by atoms with Gasteiger partial charge in [0, 0.05) is 0 Å². The minimum Gasteiger partial charge on any atom is -0.497 e. The molecule has 0 radical (unpaired) electrons. The summed E-state index contributed by atoms with van der Waals surface area (Å²) in [5.41, 5.74) is -3.95. The van der Waals surface area contributed by atoms with Gasteiger partial charge in [0.25, 0.3) is 11.5 Å². The second-order valence-corrected chi connectivity index (χ2v) is 2.73. The Bertz CT molecular complexity index is 503. The van der Waals surface area contributed by atoms with Crippen LogP contribution in [0.5, 0.6) is 11.5 Å². The molecule has 114 valence electrons. The highest BCUT2D eigenvalue weighted by Crippen LogP contribution is 2.47. The van der Waals surface area contributed by atoms with Gasteiger partial charge < -0.3 is 26.6 Å². The maximum atomic E-state index is 10.4. The average Bonchev–Trinajstić information content (AvgIpc) is 2.15. The van der Waals surface area contributed by atoms with Gasteiger partial charge in [-0.15, -0.1) is 0 Å². The maximum absolute atomic E-state index is 10.4. The molecule has 1 rings (SSSR count). The minimum atomic E-state index is -1.48. The molecule has 14 heteroatoms. The van der Waals surface area contributed by atoms with Crippen LogP contribution in [0.1, 0.15) is 0 Å². The molecule has 8 N–H and O–H groups in total. The molecule has 0 bridgehead atoms. The van der Waals surface area contributed by atoms with Crippen LogP contribution in [0.25, 0.3) is 0 Å². The van der Waals surface area contributed by atoms with Gasteiger partial charge in [-0.2, -0.15) is 0 Å². The number of hydrogen-bond donors (Lipinski definition) is 2. The summed E-state index contributed by atoms with van der Waals surface area (Å²) in [7, 11) is 0. The van der Waals surface area contributed by atoms with E-state index in [0.29, 0.717) is 0 Å². The topological polar surface area (TPSA) is 264 Å². The van der Waals surface area contributed by atoms with Crippen molar-refractivity contribution in [3.63, 3.8) is 0 Å². The van der Waals surface area contributed by atoms with E-state index < -0.39 is 43.3 Å². The van der Waals surface area contributed by atoms with Crippen molar-refractivity contribution >= 4 is 17.1 Å². The molecular weight excluding hydrogens is 290 g/mol. The minimum absolute atomic E-state index is 0. The number of nitro benzene ring substituents is 3. The van der Waals surface area contributed by atoms with Crippen molar-refractivity contribution in [2.75, 3.05) is 0 Å². The molecule has 0 aliphatic rings. The fourth-order valence-electron chi connectivity index (χ4n) is 1.07. The van der Waals surface area contributed by atoms with E-state index in [-0.39, 0.29) is 22.5 Å². The van der Waals surface area contributed by atoms with Gasteiger partial charge in [-0.1, -0.05) is 0 Å². The monoisotopic (exact) mass is 299 g/mol. The van der Waals surface area contributed by atoms with Crippen LogP contribution in [0.4, 0.5) is 17.1 Å². The van der Waals surface area contributed by atoms with Crippen LogP contribution in [0, 0.1) is 30.3 Å². The standard InChI is InChI=1S/C6H3N3O8.3H2O/c10-5-2(7(12)13)1-3(8(14)15)6(11)4(5)9(16)17;;;/h1,10-11H;3*1H2. The first-order chi connectivity index (χ1) is 7.77. The molecule has 0 saturated carbocycles. The molecular formula is C6H9N3O11. The zero-order valence-electron chi connectivity index (χ0n) is 9.26. The van der Waals surface area contributed by atoms with Gasteiger partial charge in [0.15, 0.2) is 0 Å². The molecule has 0 spiro atoms. The van der Waals surface area contributed by atoms with E-state index in [1.54, 1.807) is 0 Å². The van der Waals surface area contributed by atoms with E-state index in [4.69, 9.17) is 10.2 Å². The number of rotatable bonds is 3. The van der Waals surface area contributed by atoms with Crippen molar-refractivity contribution in [1.82, 2.24) is 0 Å². The Morgan fingerprint density at radius 1 is 0.750 bits per heavy atom. The second-order valence-electron chi connectivity index (χ2n) is 2.73. The lowest BCUT2D eigenvalue weighted by Crippen LogP contribution is -1.98. The smallest absolute Gasteiger partial charge is 0.366 e. The number of aromatic hydroxyl groups is 2. The molecule has 0 aromatic heterocycles. The molecule has 1 aromatic carbocycles. The van der Waals surface area contributed by atoms with Crippen molar-refractivity contribution in [1.29, 1.82) is 0 Å². The van der Waals surface area contributed by atoms with E-state index in [1.165, 1.54) is 0 Å². The Balaban J connectivity index is -0.000000963. The summed E-state index contributed by atoms with van der Waals surface area (Å²) in [5.74, 6) is -2.88. The zero-order valence-corrected chi connectivity index (χ0v) is 9.26. The fraction of sp³-hybridized carbons (Fsp3) is 0. The van der Waals surface area contributed by atoms with E-state index in [0.717, 1.165) is 0 Å². The van der Waals surface area contributed by atoms with Gasteiger partial charge in [-0.3, -0.25) is 30.3 Å². The number of phenolic OH excluding ortho intramolecular Hbond substituents is 2. The first-order valence-corrected chi connectivity index (χ1v) is 3.79. The predicted octanol–water partition coefficient (Wildman–Crippen LogP) is -1.65. The Labute approximate surface area is 107 Å². The Kier molecular flexibility index (Phi) is 8.14.